The second-order valence-electron chi connectivity index (χ2n) is 4.67. The molecule has 0 saturated carbocycles. The van der Waals surface area contributed by atoms with Crippen molar-refractivity contribution in [1.82, 2.24) is 4.90 Å². The second kappa shape index (κ2) is 5.65. The summed E-state index contributed by atoms with van der Waals surface area (Å²) in [7, 11) is 4.22. The number of hydrogen-bond donors (Lipinski definition) is 0. The van der Waals surface area contributed by atoms with Gasteiger partial charge in [0.15, 0.2) is 0 Å². The Hall–Kier alpha value is -1.60. The highest BCUT2D eigenvalue weighted by Crippen LogP contribution is 2.15. The monoisotopic (exact) mass is 226 g/mol. The SMILES string of the molecule is CN(C)[13CH2]c1ccccc1Cc1ccccc1. The quantitative estimate of drug-likeness (QED) is 0.723. The number of hydrogen-bond acceptors (Lipinski definition) is 1. The lowest BCUT2D eigenvalue weighted by Gasteiger charge is -2.14. The summed E-state index contributed by atoms with van der Waals surface area (Å²) >= 11 is 0. The molecule has 0 aliphatic carbocycles. The average Bonchev–Trinajstić information content (AvgIpc) is 2.32. The van der Waals surface area contributed by atoms with Gasteiger partial charge in [-0.25, -0.2) is 0 Å². The van der Waals surface area contributed by atoms with Gasteiger partial charge in [0.25, 0.3) is 0 Å². The van der Waals surface area contributed by atoms with Gasteiger partial charge in [0, 0.05) is 6.54 Å². The molecule has 0 bridgehead atoms. The zero-order valence-electron chi connectivity index (χ0n) is 10.6. The van der Waals surface area contributed by atoms with Gasteiger partial charge < -0.3 is 4.90 Å². The van der Waals surface area contributed by atoms with E-state index in [1.165, 1.54) is 16.7 Å². The molecular formula is C16H19N. The molecule has 2 rings (SSSR count). The highest BCUT2D eigenvalue weighted by atomic mass is 15.2. The van der Waals surface area contributed by atoms with Crippen LogP contribution in [0.5, 0.6) is 0 Å². The summed E-state index contributed by atoms with van der Waals surface area (Å²) in [5.41, 5.74) is 4.22. The molecule has 0 spiro atoms. The minimum atomic E-state index is 1.00. The van der Waals surface area contributed by atoms with Gasteiger partial charge in [-0.15, -0.1) is 0 Å². The van der Waals surface area contributed by atoms with E-state index >= 15 is 0 Å². The van der Waals surface area contributed by atoms with Gasteiger partial charge in [-0.05, 0) is 37.2 Å². The average molecular weight is 226 g/mol. The summed E-state index contributed by atoms with van der Waals surface area (Å²) in [6.07, 6.45) is 1.02. The molecule has 0 aromatic heterocycles. The van der Waals surface area contributed by atoms with E-state index in [-0.39, 0.29) is 0 Å². The fraction of sp³-hybridized carbons (Fsp3) is 0.250. The molecule has 17 heavy (non-hydrogen) atoms. The van der Waals surface area contributed by atoms with E-state index in [1.807, 2.05) is 0 Å². The predicted molar refractivity (Wildman–Crippen MR) is 73.1 cm³/mol. The summed E-state index contributed by atoms with van der Waals surface area (Å²) in [6, 6.07) is 19.3. The highest BCUT2D eigenvalue weighted by molar-refractivity contribution is 5.32. The molecule has 1 heteroatoms. The van der Waals surface area contributed by atoms with Gasteiger partial charge in [-0.3, -0.25) is 0 Å². The summed E-state index contributed by atoms with van der Waals surface area (Å²) < 4.78 is 0. The number of benzene rings is 2. The lowest BCUT2D eigenvalue weighted by Crippen LogP contribution is -2.12. The van der Waals surface area contributed by atoms with Crippen LogP contribution in [0.3, 0.4) is 0 Å². The van der Waals surface area contributed by atoms with E-state index in [1.54, 1.807) is 0 Å². The predicted octanol–water partition coefficient (Wildman–Crippen LogP) is 3.34. The van der Waals surface area contributed by atoms with Crippen LogP contribution in [0.15, 0.2) is 54.6 Å². The zero-order chi connectivity index (χ0) is 12.1. The molecule has 0 heterocycles. The van der Waals surface area contributed by atoms with Crippen LogP contribution in [0.25, 0.3) is 0 Å². The van der Waals surface area contributed by atoms with E-state index in [4.69, 9.17) is 0 Å². The second-order valence-corrected chi connectivity index (χ2v) is 4.67. The van der Waals surface area contributed by atoms with E-state index in [0.717, 1.165) is 13.0 Å². The Labute approximate surface area is 104 Å². The summed E-state index contributed by atoms with van der Waals surface area (Å²) in [5, 5.41) is 0. The lowest BCUT2D eigenvalue weighted by atomic mass is 10.0. The smallest absolute Gasteiger partial charge is 0.0230 e. The van der Waals surface area contributed by atoms with Gasteiger partial charge in [0.2, 0.25) is 0 Å². The molecule has 0 fully saturated rings. The van der Waals surface area contributed by atoms with Gasteiger partial charge >= 0.3 is 0 Å². The van der Waals surface area contributed by atoms with E-state index in [2.05, 4.69) is 73.6 Å². The van der Waals surface area contributed by atoms with Crippen molar-refractivity contribution in [2.24, 2.45) is 0 Å². The van der Waals surface area contributed by atoms with Crippen molar-refractivity contribution in [1.29, 1.82) is 0 Å². The first kappa shape index (κ1) is 11.9. The van der Waals surface area contributed by atoms with Crippen LogP contribution in [0, 0.1) is 0 Å². The summed E-state index contributed by atoms with van der Waals surface area (Å²) in [6.45, 7) is 1.00. The van der Waals surface area contributed by atoms with Gasteiger partial charge in [-0.2, -0.15) is 0 Å². The highest BCUT2D eigenvalue weighted by Gasteiger charge is 2.03. The largest absolute Gasteiger partial charge is 0.305 e. The van der Waals surface area contributed by atoms with Crippen LogP contribution in [0.1, 0.15) is 16.7 Å². The van der Waals surface area contributed by atoms with Crippen LogP contribution in [0.2, 0.25) is 0 Å². The lowest BCUT2D eigenvalue weighted by molar-refractivity contribution is 0.401. The van der Waals surface area contributed by atoms with Crippen molar-refractivity contribution in [2.75, 3.05) is 14.1 Å². The minimum absolute atomic E-state index is 1.00. The summed E-state index contributed by atoms with van der Waals surface area (Å²) in [4.78, 5) is 2.21. The third-order valence-electron chi connectivity index (χ3n) is 2.84. The van der Waals surface area contributed by atoms with Crippen LogP contribution in [0.4, 0.5) is 0 Å². The minimum Gasteiger partial charge on any atom is -0.305 e. The fourth-order valence-electron chi connectivity index (χ4n) is 2.04. The summed E-state index contributed by atoms with van der Waals surface area (Å²) in [5.74, 6) is 0. The Morgan fingerprint density at radius 2 is 1.35 bits per heavy atom. The van der Waals surface area contributed by atoms with Gasteiger partial charge in [0.05, 0.1) is 0 Å². The third kappa shape index (κ3) is 3.43. The Morgan fingerprint density at radius 1 is 0.765 bits per heavy atom. The first-order chi connectivity index (χ1) is 8.25. The molecule has 2 aromatic rings. The van der Waals surface area contributed by atoms with E-state index in [9.17, 15) is 0 Å². The molecule has 0 unspecified atom stereocenters. The zero-order valence-corrected chi connectivity index (χ0v) is 10.6. The topological polar surface area (TPSA) is 3.24 Å². The molecule has 0 aliphatic heterocycles. The molecule has 0 aliphatic rings. The van der Waals surface area contributed by atoms with Crippen LogP contribution in [-0.4, -0.2) is 19.0 Å². The van der Waals surface area contributed by atoms with Crippen molar-refractivity contribution in [3.63, 3.8) is 0 Å². The van der Waals surface area contributed by atoms with E-state index < -0.39 is 0 Å². The molecule has 0 saturated heterocycles. The van der Waals surface area contributed by atoms with Crippen molar-refractivity contribution in [3.05, 3.63) is 71.3 Å². The standard InChI is InChI=1S/C16H19N/c1-17(2)13-16-11-7-6-10-15(16)12-14-8-4-3-5-9-14/h3-11H,12-13H2,1-2H3/i13+1. The van der Waals surface area contributed by atoms with Crippen LogP contribution in [-0.2, 0) is 13.0 Å². The normalized spacial score (nSPS) is 10.8. The molecule has 2 aromatic carbocycles. The molecule has 0 atom stereocenters. The number of rotatable bonds is 4. The third-order valence-corrected chi connectivity index (χ3v) is 2.84. The maximum atomic E-state index is 2.23. The molecule has 1 nitrogen and oxygen atoms in total. The van der Waals surface area contributed by atoms with Crippen LogP contribution < -0.4 is 0 Å². The van der Waals surface area contributed by atoms with Crippen molar-refractivity contribution in [2.45, 2.75) is 13.0 Å². The van der Waals surface area contributed by atoms with Crippen LogP contribution >= 0.6 is 0 Å². The maximum Gasteiger partial charge on any atom is 0.0230 e. The van der Waals surface area contributed by atoms with E-state index in [0.29, 0.717) is 0 Å². The molecule has 0 N–H and O–H groups in total. The number of nitrogens with zero attached hydrogens (tertiary/aromatic N) is 1. The van der Waals surface area contributed by atoms with Crippen molar-refractivity contribution in [3.8, 4) is 0 Å². The van der Waals surface area contributed by atoms with Crippen molar-refractivity contribution >= 4 is 0 Å². The Morgan fingerprint density at radius 3 is 2.00 bits per heavy atom. The Bertz CT molecular complexity index is 460. The first-order valence-corrected chi connectivity index (χ1v) is 6.01. The Balaban J connectivity index is 2.20. The fourth-order valence-corrected chi connectivity index (χ4v) is 2.04. The first-order valence-electron chi connectivity index (χ1n) is 6.01. The van der Waals surface area contributed by atoms with Gasteiger partial charge in [0.1, 0.15) is 0 Å². The Kier molecular flexibility index (Phi) is 3.94. The molecule has 0 radical (unpaired) electrons. The molecule has 88 valence electrons. The van der Waals surface area contributed by atoms with Crippen molar-refractivity contribution < 1.29 is 0 Å². The molecule has 0 amide bonds. The van der Waals surface area contributed by atoms with Gasteiger partial charge in [-0.1, -0.05) is 54.6 Å². The molecular weight excluding hydrogens is 207 g/mol. The maximum absolute atomic E-state index is 2.23.